The summed E-state index contributed by atoms with van der Waals surface area (Å²) in [6, 6.07) is 0. The number of esters is 2. The fraction of sp³-hybridized carbons (Fsp3) is 0.783. The molecule has 9 nitrogen and oxygen atoms in total. The van der Waals surface area contributed by atoms with Crippen molar-refractivity contribution in [3.63, 3.8) is 0 Å². The van der Waals surface area contributed by atoms with Gasteiger partial charge >= 0.3 is 19.8 Å². The van der Waals surface area contributed by atoms with Gasteiger partial charge in [0.2, 0.25) is 0 Å². The number of carbonyl (C=O) groups is 2. The monoisotopic (exact) mass is 811 g/mol. The number of hydrogen-bond acceptors (Lipinski definition) is 7. The standard InChI is InChI=1S/C46H84NO8P/c1-6-8-10-12-14-16-18-20-21-22-23-24-25-27-28-30-32-34-36-38-45(48)52-42-44(43-54-56(50,51)53-41-40-47(3,4)5)55-46(49)39-37-35-33-31-29-26-19-17-15-13-11-9-7-2/h14,16,18,20,26,29,33,35,44H,6-13,15,17,19,21-25,27-28,30-32,34,36-43H2,1-5H3/p+1/b16-14+,20-18+,29-26+,35-33+. The van der Waals surface area contributed by atoms with E-state index in [4.69, 9.17) is 18.5 Å². The molecule has 56 heavy (non-hydrogen) atoms. The Morgan fingerprint density at radius 3 is 1.62 bits per heavy atom. The topological polar surface area (TPSA) is 108 Å². The van der Waals surface area contributed by atoms with E-state index in [9.17, 15) is 19.0 Å². The highest BCUT2D eigenvalue weighted by Gasteiger charge is 2.27. The lowest BCUT2D eigenvalue weighted by molar-refractivity contribution is -0.870. The highest BCUT2D eigenvalue weighted by atomic mass is 31.2. The highest BCUT2D eigenvalue weighted by molar-refractivity contribution is 7.47. The first-order valence-corrected chi connectivity index (χ1v) is 23.9. The van der Waals surface area contributed by atoms with Crippen LogP contribution in [0.1, 0.15) is 181 Å². The molecule has 0 bridgehead atoms. The second kappa shape index (κ2) is 38.5. The molecule has 0 radical (unpaired) electrons. The van der Waals surface area contributed by atoms with Gasteiger partial charge in [-0.1, -0.05) is 159 Å². The SMILES string of the molecule is CCCCC/C=C/C=C/CCCCCCCCCCCCC(=O)OCC(COP(=O)(O)OCC[N+](C)(C)C)OC(=O)CC/C=C/C/C=C/CCCCCCCC. The quantitative estimate of drug-likeness (QED) is 0.0163. The average molecular weight is 811 g/mol. The van der Waals surface area contributed by atoms with Crippen molar-refractivity contribution in [1.29, 1.82) is 0 Å². The van der Waals surface area contributed by atoms with E-state index in [0.29, 0.717) is 17.4 Å². The number of rotatable bonds is 40. The zero-order valence-electron chi connectivity index (χ0n) is 36.6. The van der Waals surface area contributed by atoms with Crippen molar-refractivity contribution in [3.05, 3.63) is 48.6 Å². The minimum atomic E-state index is -4.39. The molecule has 326 valence electrons. The summed E-state index contributed by atoms with van der Waals surface area (Å²) in [7, 11) is 1.44. The molecule has 0 saturated heterocycles. The number of quaternary nitrogens is 1. The molecule has 0 aromatic rings. The Kier molecular flexibility index (Phi) is 37.1. The van der Waals surface area contributed by atoms with Crippen LogP contribution < -0.4 is 0 Å². The number of carbonyl (C=O) groups excluding carboxylic acids is 2. The first-order chi connectivity index (χ1) is 27.0. The van der Waals surface area contributed by atoms with Gasteiger partial charge in [-0.25, -0.2) is 4.57 Å². The molecule has 0 aliphatic carbocycles. The Balaban J connectivity index is 4.37. The van der Waals surface area contributed by atoms with Crippen LogP contribution in [-0.4, -0.2) is 74.9 Å². The van der Waals surface area contributed by atoms with Gasteiger partial charge < -0.3 is 18.9 Å². The Hall–Kier alpha value is -2.03. The smallest absolute Gasteiger partial charge is 0.462 e. The molecule has 0 saturated carbocycles. The molecule has 0 fully saturated rings. The third kappa shape index (κ3) is 41.6. The van der Waals surface area contributed by atoms with Crippen molar-refractivity contribution in [3.8, 4) is 0 Å². The number of likely N-dealkylation sites (N-methyl/N-ethyl adjacent to an activating group) is 1. The van der Waals surface area contributed by atoms with Crippen LogP contribution in [0.5, 0.6) is 0 Å². The lowest BCUT2D eigenvalue weighted by Crippen LogP contribution is -2.37. The molecule has 0 aliphatic heterocycles. The molecule has 0 rings (SSSR count). The van der Waals surface area contributed by atoms with Gasteiger partial charge in [-0.3, -0.25) is 18.6 Å². The second-order valence-corrected chi connectivity index (χ2v) is 17.6. The number of hydrogen-bond donors (Lipinski definition) is 1. The lowest BCUT2D eigenvalue weighted by Gasteiger charge is -2.24. The molecule has 0 aliphatic rings. The van der Waals surface area contributed by atoms with E-state index in [-0.39, 0.29) is 32.0 Å². The van der Waals surface area contributed by atoms with Crippen LogP contribution >= 0.6 is 7.82 Å². The Morgan fingerprint density at radius 2 is 1.05 bits per heavy atom. The molecular weight excluding hydrogens is 725 g/mol. The molecule has 1 N–H and O–H groups in total. The van der Waals surface area contributed by atoms with E-state index in [2.05, 4.69) is 50.3 Å². The maximum Gasteiger partial charge on any atom is 0.472 e. The van der Waals surface area contributed by atoms with Crippen LogP contribution in [0.2, 0.25) is 0 Å². The molecule has 0 spiro atoms. The Labute approximate surface area is 343 Å². The molecule has 0 aromatic heterocycles. The second-order valence-electron chi connectivity index (χ2n) is 16.1. The highest BCUT2D eigenvalue weighted by Crippen LogP contribution is 2.43. The summed E-state index contributed by atoms with van der Waals surface area (Å²) in [5, 5.41) is 0. The first kappa shape index (κ1) is 54.0. The number of phosphoric ester groups is 1. The van der Waals surface area contributed by atoms with Crippen LogP contribution in [0.15, 0.2) is 48.6 Å². The normalized spacial score (nSPS) is 14.0. The van der Waals surface area contributed by atoms with Gasteiger partial charge in [0, 0.05) is 12.8 Å². The van der Waals surface area contributed by atoms with E-state index in [0.717, 1.165) is 38.5 Å². The average Bonchev–Trinajstić information content (AvgIpc) is 3.15. The third-order valence-corrected chi connectivity index (χ3v) is 10.4. The van der Waals surface area contributed by atoms with E-state index in [1.54, 1.807) is 0 Å². The van der Waals surface area contributed by atoms with Crippen molar-refractivity contribution in [2.45, 2.75) is 187 Å². The zero-order valence-corrected chi connectivity index (χ0v) is 37.5. The van der Waals surface area contributed by atoms with Crippen LogP contribution in [-0.2, 0) is 32.7 Å². The number of ether oxygens (including phenoxy) is 2. The van der Waals surface area contributed by atoms with Gasteiger partial charge in [-0.2, -0.15) is 0 Å². The molecule has 2 atom stereocenters. The third-order valence-electron chi connectivity index (χ3n) is 9.37. The van der Waals surface area contributed by atoms with Crippen molar-refractivity contribution in [2.75, 3.05) is 47.5 Å². The predicted molar refractivity (Wildman–Crippen MR) is 233 cm³/mol. The minimum absolute atomic E-state index is 0.0209. The molecule has 0 heterocycles. The summed E-state index contributed by atoms with van der Waals surface area (Å²) in [5.74, 6) is -0.881. The summed E-state index contributed by atoms with van der Waals surface area (Å²) < 4.78 is 34.2. The van der Waals surface area contributed by atoms with Gasteiger partial charge in [0.1, 0.15) is 19.8 Å². The summed E-state index contributed by atoms with van der Waals surface area (Å²) in [4.78, 5) is 35.3. The van der Waals surface area contributed by atoms with Gasteiger partial charge in [0.05, 0.1) is 27.7 Å². The van der Waals surface area contributed by atoms with Gasteiger partial charge in [-0.15, -0.1) is 0 Å². The van der Waals surface area contributed by atoms with Crippen LogP contribution in [0.25, 0.3) is 0 Å². The fourth-order valence-electron chi connectivity index (χ4n) is 5.82. The number of allylic oxidation sites excluding steroid dienone is 8. The van der Waals surface area contributed by atoms with Crippen molar-refractivity contribution in [2.24, 2.45) is 0 Å². The Bertz CT molecular complexity index is 1100. The Morgan fingerprint density at radius 1 is 0.571 bits per heavy atom. The van der Waals surface area contributed by atoms with E-state index in [1.165, 1.54) is 109 Å². The first-order valence-electron chi connectivity index (χ1n) is 22.4. The van der Waals surface area contributed by atoms with Crippen LogP contribution in [0.4, 0.5) is 0 Å². The largest absolute Gasteiger partial charge is 0.472 e. The minimum Gasteiger partial charge on any atom is -0.462 e. The molecule has 0 amide bonds. The van der Waals surface area contributed by atoms with Gasteiger partial charge in [0.15, 0.2) is 6.10 Å². The fourth-order valence-corrected chi connectivity index (χ4v) is 6.56. The van der Waals surface area contributed by atoms with Crippen molar-refractivity contribution < 1.29 is 42.1 Å². The molecule has 0 aromatic carbocycles. The van der Waals surface area contributed by atoms with E-state index in [1.807, 2.05) is 33.3 Å². The number of phosphoric acid groups is 1. The summed E-state index contributed by atoms with van der Waals surface area (Å²) >= 11 is 0. The van der Waals surface area contributed by atoms with Crippen LogP contribution in [0.3, 0.4) is 0 Å². The molecule has 2 unspecified atom stereocenters. The van der Waals surface area contributed by atoms with Crippen LogP contribution in [0, 0.1) is 0 Å². The maximum atomic E-state index is 12.6. The summed E-state index contributed by atoms with van der Waals surface area (Å²) in [6.45, 7) is 4.31. The van der Waals surface area contributed by atoms with E-state index >= 15 is 0 Å². The van der Waals surface area contributed by atoms with Gasteiger partial charge in [-0.05, 0) is 57.8 Å². The molecule has 10 heteroatoms. The predicted octanol–water partition coefficient (Wildman–Crippen LogP) is 12.7. The number of nitrogens with zero attached hydrogens (tertiary/aromatic N) is 1. The zero-order chi connectivity index (χ0) is 41.4. The van der Waals surface area contributed by atoms with Crippen molar-refractivity contribution in [1.82, 2.24) is 0 Å². The lowest BCUT2D eigenvalue weighted by atomic mass is 10.1. The summed E-state index contributed by atoms with van der Waals surface area (Å²) in [5.41, 5.74) is 0. The summed E-state index contributed by atoms with van der Waals surface area (Å²) in [6.07, 6.45) is 44.6. The van der Waals surface area contributed by atoms with E-state index < -0.39 is 26.5 Å². The molecular formula is C46H85NO8P+. The van der Waals surface area contributed by atoms with Gasteiger partial charge in [0.25, 0.3) is 0 Å². The number of unbranched alkanes of at least 4 members (excludes halogenated alkanes) is 19. The van der Waals surface area contributed by atoms with Crippen molar-refractivity contribution >= 4 is 19.8 Å². The maximum absolute atomic E-state index is 12.6.